The van der Waals surface area contributed by atoms with Crippen molar-refractivity contribution in [3.8, 4) is 11.5 Å². The molecule has 1 aliphatic carbocycles. The molecule has 0 radical (unpaired) electrons. The third-order valence-electron chi connectivity index (χ3n) is 4.25. The van der Waals surface area contributed by atoms with Crippen LogP contribution in [0.5, 0.6) is 11.5 Å². The maximum absolute atomic E-state index is 12.2. The van der Waals surface area contributed by atoms with Crippen molar-refractivity contribution in [2.75, 3.05) is 25.3 Å². The lowest BCUT2D eigenvalue weighted by Crippen LogP contribution is -2.31. The fourth-order valence-corrected chi connectivity index (χ4v) is 3.10. The second-order valence-electron chi connectivity index (χ2n) is 5.83. The molecule has 1 fully saturated rings. The number of nitrogens with zero attached hydrogens (tertiary/aromatic N) is 2. The molecule has 3 rings (SSSR count). The Bertz CT molecular complexity index is 731. The zero-order valence-electron chi connectivity index (χ0n) is 13.6. The van der Waals surface area contributed by atoms with Gasteiger partial charge in [0.1, 0.15) is 5.78 Å². The van der Waals surface area contributed by atoms with Crippen molar-refractivity contribution < 1.29 is 18.9 Å². The van der Waals surface area contributed by atoms with E-state index in [4.69, 9.17) is 15.2 Å². The van der Waals surface area contributed by atoms with Gasteiger partial charge in [0.15, 0.2) is 11.5 Å². The number of ether oxygens (including phenoxy) is 2. The predicted octanol–water partition coefficient (Wildman–Crippen LogP) is 1.99. The van der Waals surface area contributed by atoms with Crippen LogP contribution < -0.4 is 20.5 Å². The van der Waals surface area contributed by atoms with Gasteiger partial charge in [0.2, 0.25) is 11.6 Å². The Morgan fingerprint density at radius 3 is 2.67 bits per heavy atom. The van der Waals surface area contributed by atoms with Crippen LogP contribution in [0.15, 0.2) is 22.8 Å². The normalized spacial score (nSPS) is 20.7. The number of Topliss-reactive ketones (excluding diaryl/α,β-unsaturated/α-hetero) is 1. The molecule has 1 aliphatic rings. The summed E-state index contributed by atoms with van der Waals surface area (Å²) in [5, 5.41) is 10.4. The van der Waals surface area contributed by atoms with E-state index in [1.807, 2.05) is 18.2 Å². The summed E-state index contributed by atoms with van der Waals surface area (Å²) in [6.07, 6.45) is 1.70. The van der Waals surface area contributed by atoms with E-state index >= 15 is 0 Å². The van der Waals surface area contributed by atoms with Crippen LogP contribution in [0.1, 0.15) is 30.7 Å². The molecular weight excluding hydrogens is 312 g/mol. The van der Waals surface area contributed by atoms with Gasteiger partial charge in [-0.25, -0.2) is 4.63 Å². The van der Waals surface area contributed by atoms with Crippen LogP contribution in [0.4, 0.5) is 11.6 Å². The predicted molar refractivity (Wildman–Crippen MR) is 87.3 cm³/mol. The Hall–Kier alpha value is -2.77. The molecule has 24 heavy (non-hydrogen) atoms. The number of carbonyl (C=O) groups excluding carboxylic acids is 1. The summed E-state index contributed by atoms with van der Waals surface area (Å²) >= 11 is 0. The van der Waals surface area contributed by atoms with Crippen molar-refractivity contribution >= 4 is 17.4 Å². The van der Waals surface area contributed by atoms with Crippen molar-refractivity contribution in [2.45, 2.75) is 31.2 Å². The Morgan fingerprint density at radius 1 is 1.21 bits per heavy atom. The minimum atomic E-state index is -0.0708. The smallest absolute Gasteiger partial charge is 0.215 e. The van der Waals surface area contributed by atoms with E-state index < -0.39 is 0 Å². The molecule has 0 amide bonds. The van der Waals surface area contributed by atoms with E-state index in [1.54, 1.807) is 14.2 Å². The first-order valence-corrected chi connectivity index (χ1v) is 7.69. The van der Waals surface area contributed by atoms with E-state index in [0.717, 1.165) is 12.0 Å². The summed E-state index contributed by atoms with van der Waals surface area (Å²) in [6, 6.07) is 5.67. The van der Waals surface area contributed by atoms with Gasteiger partial charge in [-0.3, -0.25) is 4.79 Å². The molecule has 1 saturated carbocycles. The van der Waals surface area contributed by atoms with Crippen molar-refractivity contribution in [3.63, 3.8) is 0 Å². The Balaban J connectivity index is 1.78. The summed E-state index contributed by atoms with van der Waals surface area (Å²) in [5.74, 6) is 2.16. The molecule has 0 saturated heterocycles. The summed E-state index contributed by atoms with van der Waals surface area (Å²) < 4.78 is 15.2. The highest BCUT2D eigenvalue weighted by molar-refractivity contribution is 5.81. The summed E-state index contributed by atoms with van der Waals surface area (Å²) in [5.41, 5.74) is 6.70. The number of nitrogens with one attached hydrogen (secondary N) is 1. The molecule has 0 aliphatic heterocycles. The van der Waals surface area contributed by atoms with Gasteiger partial charge in [-0.1, -0.05) is 6.07 Å². The number of hydrogen-bond donors (Lipinski definition) is 2. The van der Waals surface area contributed by atoms with E-state index in [9.17, 15) is 4.79 Å². The summed E-state index contributed by atoms with van der Waals surface area (Å²) in [7, 11) is 3.19. The Morgan fingerprint density at radius 2 is 2.00 bits per heavy atom. The van der Waals surface area contributed by atoms with E-state index in [-0.39, 0.29) is 23.6 Å². The number of ketones is 1. The molecule has 8 heteroatoms. The standard InChI is InChI=1S/C16H20N4O4/c1-22-13-4-3-9(7-14(13)23-2)10-5-11(8-12(21)6-10)18-16-15(17)19-24-20-16/h3-4,7,10-11H,5-6,8H2,1-2H3,(H2,17,19)(H,18,20). The first kappa shape index (κ1) is 16.1. The molecule has 0 bridgehead atoms. The number of nitrogen functional groups attached to an aromatic ring is 1. The SMILES string of the molecule is COc1ccc(C2CC(=O)CC(Nc3nonc3N)C2)cc1OC. The third kappa shape index (κ3) is 3.27. The van der Waals surface area contributed by atoms with Gasteiger partial charge >= 0.3 is 0 Å². The molecule has 8 nitrogen and oxygen atoms in total. The van der Waals surface area contributed by atoms with Crippen LogP contribution in [0, 0.1) is 0 Å². The van der Waals surface area contributed by atoms with Gasteiger partial charge in [0.05, 0.1) is 14.2 Å². The summed E-state index contributed by atoms with van der Waals surface area (Å²) in [4.78, 5) is 12.2. The van der Waals surface area contributed by atoms with Gasteiger partial charge < -0.3 is 20.5 Å². The van der Waals surface area contributed by atoms with Crippen LogP contribution in [0.2, 0.25) is 0 Å². The number of nitrogens with two attached hydrogens (primary N) is 1. The lowest BCUT2D eigenvalue weighted by molar-refractivity contribution is -0.120. The minimum absolute atomic E-state index is 0.0708. The fraction of sp³-hybridized carbons (Fsp3) is 0.438. The van der Waals surface area contributed by atoms with Crippen LogP contribution in [0.3, 0.4) is 0 Å². The zero-order chi connectivity index (χ0) is 17.1. The van der Waals surface area contributed by atoms with E-state index in [2.05, 4.69) is 20.3 Å². The van der Waals surface area contributed by atoms with Gasteiger partial charge in [0.25, 0.3) is 0 Å². The number of hydrogen-bond acceptors (Lipinski definition) is 8. The van der Waals surface area contributed by atoms with Gasteiger partial charge in [-0.05, 0) is 40.3 Å². The van der Waals surface area contributed by atoms with Gasteiger partial charge in [-0.15, -0.1) is 0 Å². The molecule has 2 atom stereocenters. The third-order valence-corrected chi connectivity index (χ3v) is 4.25. The lowest BCUT2D eigenvalue weighted by atomic mass is 9.80. The molecule has 0 spiro atoms. The van der Waals surface area contributed by atoms with Gasteiger partial charge in [-0.2, -0.15) is 0 Å². The second-order valence-corrected chi connectivity index (χ2v) is 5.83. The summed E-state index contributed by atoms with van der Waals surface area (Å²) in [6.45, 7) is 0. The molecule has 128 valence electrons. The van der Waals surface area contributed by atoms with Crippen LogP contribution in [0.25, 0.3) is 0 Å². The largest absolute Gasteiger partial charge is 0.493 e. The highest BCUT2D eigenvalue weighted by Crippen LogP contribution is 2.37. The van der Waals surface area contributed by atoms with E-state index in [1.165, 1.54) is 0 Å². The zero-order valence-corrected chi connectivity index (χ0v) is 13.6. The molecule has 2 aromatic rings. The topological polar surface area (TPSA) is 112 Å². The first-order valence-electron chi connectivity index (χ1n) is 7.69. The molecule has 2 unspecified atom stereocenters. The van der Waals surface area contributed by atoms with Gasteiger partial charge in [0, 0.05) is 18.9 Å². The Labute approximate surface area is 139 Å². The number of rotatable bonds is 5. The number of benzene rings is 1. The number of methoxy groups -OCH3 is 2. The van der Waals surface area contributed by atoms with Crippen molar-refractivity contribution in [1.82, 2.24) is 10.3 Å². The molecule has 1 heterocycles. The maximum atomic E-state index is 12.2. The van der Waals surface area contributed by atoms with Crippen molar-refractivity contribution in [1.29, 1.82) is 0 Å². The molecular formula is C16H20N4O4. The lowest BCUT2D eigenvalue weighted by Gasteiger charge is -2.29. The van der Waals surface area contributed by atoms with Crippen LogP contribution in [-0.2, 0) is 4.79 Å². The van der Waals surface area contributed by atoms with E-state index in [0.29, 0.717) is 30.2 Å². The monoisotopic (exact) mass is 332 g/mol. The Kier molecular flexibility index (Phi) is 4.54. The van der Waals surface area contributed by atoms with Crippen molar-refractivity contribution in [2.24, 2.45) is 0 Å². The van der Waals surface area contributed by atoms with Crippen LogP contribution in [-0.4, -0.2) is 36.4 Å². The average Bonchev–Trinajstić information content (AvgIpc) is 2.98. The number of aromatic nitrogens is 2. The fourth-order valence-electron chi connectivity index (χ4n) is 3.10. The second kappa shape index (κ2) is 6.77. The highest BCUT2D eigenvalue weighted by Gasteiger charge is 2.30. The minimum Gasteiger partial charge on any atom is -0.493 e. The molecule has 1 aromatic carbocycles. The number of anilines is 2. The maximum Gasteiger partial charge on any atom is 0.215 e. The quantitative estimate of drug-likeness (QED) is 0.854. The highest BCUT2D eigenvalue weighted by atomic mass is 16.6. The average molecular weight is 332 g/mol. The van der Waals surface area contributed by atoms with Crippen LogP contribution >= 0.6 is 0 Å². The molecule has 3 N–H and O–H groups in total. The first-order chi connectivity index (χ1) is 11.6. The molecule has 1 aromatic heterocycles. The number of carbonyl (C=O) groups is 1. The van der Waals surface area contributed by atoms with Crippen molar-refractivity contribution in [3.05, 3.63) is 23.8 Å².